The zero-order valence-electron chi connectivity index (χ0n) is 12.6. The third kappa shape index (κ3) is 2.66. The van der Waals surface area contributed by atoms with Gasteiger partial charge < -0.3 is 10.2 Å². The number of hydrogen-bond donors (Lipinski definition) is 1. The Hall–Kier alpha value is -1.35. The lowest BCUT2D eigenvalue weighted by Crippen LogP contribution is -2.51. The van der Waals surface area contributed by atoms with Crippen molar-refractivity contribution in [3.8, 4) is 0 Å². The second kappa shape index (κ2) is 4.97. The molecule has 3 nitrogen and oxygen atoms in total. The molecule has 1 heterocycles. The summed E-state index contributed by atoms with van der Waals surface area (Å²) in [5.41, 5.74) is 3.23. The molecule has 1 unspecified atom stereocenters. The minimum absolute atomic E-state index is 0.123. The molecule has 0 saturated carbocycles. The Labute approximate surface area is 116 Å². The number of carbonyl (C=O) groups is 1. The lowest BCUT2D eigenvalue weighted by molar-refractivity contribution is -0.120. The summed E-state index contributed by atoms with van der Waals surface area (Å²) in [6.07, 6.45) is 0.955. The van der Waals surface area contributed by atoms with Gasteiger partial charge >= 0.3 is 0 Å². The number of anilines is 1. The van der Waals surface area contributed by atoms with Crippen LogP contribution in [0, 0.1) is 13.8 Å². The molecular weight excluding hydrogens is 236 g/mol. The van der Waals surface area contributed by atoms with Gasteiger partial charge in [0.15, 0.2) is 0 Å². The maximum Gasteiger partial charge on any atom is 0.244 e. The van der Waals surface area contributed by atoms with Gasteiger partial charge in [0.1, 0.15) is 0 Å². The minimum Gasteiger partial charge on any atom is -0.306 e. The molecular formula is C16H24N2O. The summed E-state index contributed by atoms with van der Waals surface area (Å²) in [4.78, 5) is 14.7. The lowest BCUT2D eigenvalue weighted by Gasteiger charge is -2.38. The third-order valence-electron chi connectivity index (χ3n) is 3.99. The van der Waals surface area contributed by atoms with E-state index in [2.05, 4.69) is 51.2 Å². The summed E-state index contributed by atoms with van der Waals surface area (Å²) in [6, 6.07) is 6.18. The molecule has 1 aromatic carbocycles. The highest BCUT2D eigenvalue weighted by Crippen LogP contribution is 2.32. The van der Waals surface area contributed by atoms with E-state index in [1.807, 2.05) is 11.8 Å². The van der Waals surface area contributed by atoms with Crippen molar-refractivity contribution in [1.29, 1.82) is 0 Å². The van der Waals surface area contributed by atoms with Crippen molar-refractivity contribution in [2.45, 2.75) is 52.6 Å². The van der Waals surface area contributed by atoms with Crippen LogP contribution in [0.25, 0.3) is 0 Å². The summed E-state index contributed by atoms with van der Waals surface area (Å²) in [6.45, 7) is 11.3. The number of nitrogens with one attached hydrogen (secondary N) is 1. The smallest absolute Gasteiger partial charge is 0.244 e. The molecule has 1 saturated heterocycles. The van der Waals surface area contributed by atoms with Crippen LogP contribution in [0.5, 0.6) is 0 Å². The van der Waals surface area contributed by atoms with E-state index in [0.717, 1.165) is 24.2 Å². The fourth-order valence-electron chi connectivity index (χ4n) is 2.69. The van der Waals surface area contributed by atoms with Crippen molar-refractivity contribution in [2.24, 2.45) is 0 Å². The Morgan fingerprint density at radius 3 is 2.68 bits per heavy atom. The third-order valence-corrected chi connectivity index (χ3v) is 3.99. The molecule has 1 amide bonds. The number of carbonyl (C=O) groups excluding carboxylic acids is 1. The normalized spacial score (nSPS) is 23.3. The second-order valence-corrected chi connectivity index (χ2v) is 6.20. The maximum atomic E-state index is 12.7. The Kier molecular flexibility index (Phi) is 3.68. The number of nitrogens with zero attached hydrogens (tertiary/aromatic N) is 1. The van der Waals surface area contributed by atoms with E-state index in [9.17, 15) is 4.79 Å². The fraction of sp³-hybridized carbons (Fsp3) is 0.562. The van der Waals surface area contributed by atoms with Crippen LogP contribution in [-0.2, 0) is 4.79 Å². The monoisotopic (exact) mass is 260 g/mol. The molecule has 0 spiro atoms. The van der Waals surface area contributed by atoms with Gasteiger partial charge in [0.05, 0.1) is 6.04 Å². The molecule has 1 aliphatic rings. The van der Waals surface area contributed by atoms with Gasteiger partial charge in [-0.15, -0.1) is 0 Å². The predicted molar refractivity (Wildman–Crippen MR) is 79.6 cm³/mol. The average molecular weight is 260 g/mol. The Morgan fingerprint density at radius 1 is 1.32 bits per heavy atom. The van der Waals surface area contributed by atoms with Crippen molar-refractivity contribution >= 4 is 11.6 Å². The van der Waals surface area contributed by atoms with Gasteiger partial charge in [-0.05, 0) is 64.8 Å². The van der Waals surface area contributed by atoms with Crippen molar-refractivity contribution in [3.63, 3.8) is 0 Å². The van der Waals surface area contributed by atoms with Crippen LogP contribution in [-0.4, -0.2) is 24.0 Å². The van der Waals surface area contributed by atoms with E-state index in [-0.39, 0.29) is 17.5 Å². The Balaban J connectivity index is 2.53. The average Bonchev–Trinajstić information content (AvgIpc) is 2.41. The Bertz CT molecular complexity index is 494. The number of amides is 1. The van der Waals surface area contributed by atoms with Crippen LogP contribution in [0.3, 0.4) is 0 Å². The van der Waals surface area contributed by atoms with E-state index in [4.69, 9.17) is 0 Å². The van der Waals surface area contributed by atoms with E-state index in [1.165, 1.54) is 5.56 Å². The Morgan fingerprint density at radius 2 is 2.00 bits per heavy atom. The topological polar surface area (TPSA) is 32.3 Å². The first-order valence-corrected chi connectivity index (χ1v) is 6.97. The maximum absolute atomic E-state index is 12.7. The molecule has 19 heavy (non-hydrogen) atoms. The van der Waals surface area contributed by atoms with E-state index in [1.54, 1.807) is 0 Å². The molecule has 1 atom stereocenters. The summed E-state index contributed by atoms with van der Waals surface area (Å²) in [5, 5.41) is 3.29. The first-order chi connectivity index (χ1) is 8.83. The van der Waals surface area contributed by atoms with Crippen molar-refractivity contribution < 1.29 is 4.79 Å². The van der Waals surface area contributed by atoms with Crippen molar-refractivity contribution in [3.05, 3.63) is 29.3 Å². The zero-order chi connectivity index (χ0) is 14.2. The molecule has 2 rings (SSSR count). The second-order valence-electron chi connectivity index (χ2n) is 6.20. The van der Waals surface area contributed by atoms with Gasteiger partial charge in [-0.2, -0.15) is 0 Å². The summed E-state index contributed by atoms with van der Waals surface area (Å²) >= 11 is 0. The van der Waals surface area contributed by atoms with Crippen molar-refractivity contribution in [2.75, 3.05) is 11.4 Å². The summed E-state index contributed by atoms with van der Waals surface area (Å²) in [5.74, 6) is 0.163. The molecule has 0 bridgehead atoms. The molecule has 0 aliphatic carbocycles. The summed E-state index contributed by atoms with van der Waals surface area (Å²) in [7, 11) is 0. The molecule has 3 heteroatoms. The quantitative estimate of drug-likeness (QED) is 0.842. The summed E-state index contributed by atoms with van der Waals surface area (Å²) < 4.78 is 0. The number of hydrogen-bond acceptors (Lipinski definition) is 2. The standard InChI is InChI=1S/C16H24N2O/c1-11-6-7-12(2)14(10-11)18-15(19)13(3)17-9-8-16(18,4)5/h6-7,10,13,17H,8-9H2,1-5H3. The number of rotatable bonds is 1. The highest BCUT2D eigenvalue weighted by Gasteiger charge is 2.37. The van der Waals surface area contributed by atoms with Crippen LogP contribution in [0.2, 0.25) is 0 Å². The lowest BCUT2D eigenvalue weighted by atomic mass is 9.96. The number of aryl methyl sites for hydroxylation is 2. The zero-order valence-corrected chi connectivity index (χ0v) is 12.6. The highest BCUT2D eigenvalue weighted by atomic mass is 16.2. The van der Waals surface area contributed by atoms with Gasteiger partial charge in [-0.3, -0.25) is 4.79 Å². The first kappa shape index (κ1) is 14.1. The van der Waals surface area contributed by atoms with Crippen LogP contribution in [0.15, 0.2) is 18.2 Å². The number of benzene rings is 1. The van der Waals surface area contributed by atoms with E-state index >= 15 is 0 Å². The van der Waals surface area contributed by atoms with E-state index in [0.29, 0.717) is 0 Å². The van der Waals surface area contributed by atoms with Crippen LogP contribution in [0.1, 0.15) is 38.3 Å². The molecule has 1 fully saturated rings. The van der Waals surface area contributed by atoms with Crippen LogP contribution in [0.4, 0.5) is 5.69 Å². The molecule has 0 radical (unpaired) electrons. The SMILES string of the molecule is Cc1ccc(C)c(N2C(=O)C(C)NCCC2(C)C)c1. The van der Waals surface area contributed by atoms with Crippen LogP contribution < -0.4 is 10.2 Å². The van der Waals surface area contributed by atoms with Gasteiger partial charge in [0.2, 0.25) is 5.91 Å². The van der Waals surface area contributed by atoms with Gasteiger partial charge in [-0.1, -0.05) is 12.1 Å². The first-order valence-electron chi connectivity index (χ1n) is 6.97. The molecule has 1 aromatic rings. The van der Waals surface area contributed by atoms with E-state index < -0.39 is 0 Å². The van der Waals surface area contributed by atoms with Gasteiger partial charge in [0.25, 0.3) is 0 Å². The van der Waals surface area contributed by atoms with Gasteiger partial charge in [0, 0.05) is 11.2 Å². The largest absolute Gasteiger partial charge is 0.306 e. The molecule has 0 aromatic heterocycles. The fourth-order valence-corrected chi connectivity index (χ4v) is 2.69. The van der Waals surface area contributed by atoms with Crippen LogP contribution >= 0.6 is 0 Å². The van der Waals surface area contributed by atoms with Gasteiger partial charge in [-0.25, -0.2) is 0 Å². The predicted octanol–water partition coefficient (Wildman–Crippen LogP) is 2.80. The molecule has 104 valence electrons. The molecule has 1 aliphatic heterocycles. The van der Waals surface area contributed by atoms with Crippen molar-refractivity contribution in [1.82, 2.24) is 5.32 Å². The molecule has 1 N–H and O–H groups in total. The highest BCUT2D eigenvalue weighted by molar-refractivity contribution is 5.99. The minimum atomic E-state index is -0.159.